The summed E-state index contributed by atoms with van der Waals surface area (Å²) in [5.41, 5.74) is 1.84. The van der Waals surface area contributed by atoms with Crippen molar-refractivity contribution in [2.45, 2.75) is 5.25 Å². The van der Waals surface area contributed by atoms with Gasteiger partial charge in [0.2, 0.25) is 10.0 Å². The molecule has 0 saturated carbocycles. The van der Waals surface area contributed by atoms with E-state index >= 15 is 0 Å². The number of rotatable bonds is 0. The van der Waals surface area contributed by atoms with Crippen molar-refractivity contribution in [2.75, 3.05) is 13.2 Å². The van der Waals surface area contributed by atoms with Crippen LogP contribution in [-0.4, -0.2) is 31.2 Å². The summed E-state index contributed by atoms with van der Waals surface area (Å²) in [6.07, 6.45) is 7.32. The minimum atomic E-state index is -3.17. The first-order chi connectivity index (χ1) is 6.71. The molecular formula is C9H10N2O2S. The Balaban J connectivity index is 2.24. The van der Waals surface area contributed by atoms with E-state index in [-0.39, 0.29) is 0 Å². The van der Waals surface area contributed by atoms with Crippen LogP contribution in [0.25, 0.3) is 0 Å². The molecule has 0 radical (unpaired) electrons. The third kappa shape index (κ3) is 0.835. The Hall–Kier alpha value is -1.07. The maximum Gasteiger partial charge on any atom is 0.246 e. The van der Waals surface area contributed by atoms with E-state index in [1.165, 1.54) is 4.31 Å². The second-order valence-corrected chi connectivity index (χ2v) is 5.52. The van der Waals surface area contributed by atoms with E-state index < -0.39 is 15.3 Å². The number of nitrogens with zero attached hydrogens (tertiary/aromatic N) is 1. The Morgan fingerprint density at radius 2 is 2.29 bits per heavy atom. The van der Waals surface area contributed by atoms with Gasteiger partial charge in [0.05, 0.1) is 6.67 Å². The SMILES string of the molecule is O=S1(=O)C2C=CC=CC2=C2CNCN21. The molecule has 2 heterocycles. The molecule has 3 aliphatic rings. The van der Waals surface area contributed by atoms with E-state index in [2.05, 4.69) is 5.32 Å². The Kier molecular flexibility index (Phi) is 1.47. The molecule has 0 spiro atoms. The quantitative estimate of drug-likeness (QED) is 0.609. The summed E-state index contributed by atoms with van der Waals surface area (Å²) in [4.78, 5) is 0. The van der Waals surface area contributed by atoms with Gasteiger partial charge in [-0.3, -0.25) is 9.62 Å². The summed E-state index contributed by atoms with van der Waals surface area (Å²) in [5.74, 6) is 0. The van der Waals surface area contributed by atoms with Crippen molar-refractivity contribution < 1.29 is 8.42 Å². The van der Waals surface area contributed by atoms with Crippen molar-refractivity contribution in [3.63, 3.8) is 0 Å². The third-order valence-electron chi connectivity index (χ3n) is 2.79. The fraction of sp³-hybridized carbons (Fsp3) is 0.333. The molecule has 0 aromatic heterocycles. The van der Waals surface area contributed by atoms with E-state index in [1.807, 2.05) is 12.2 Å². The molecule has 74 valence electrons. The molecule has 0 bridgehead atoms. The van der Waals surface area contributed by atoms with Crippen LogP contribution in [0.15, 0.2) is 35.6 Å². The molecule has 1 fully saturated rings. The molecule has 0 aromatic rings. The second kappa shape index (κ2) is 2.49. The minimum absolute atomic E-state index is 0.416. The largest absolute Gasteiger partial charge is 0.293 e. The van der Waals surface area contributed by atoms with E-state index in [0.29, 0.717) is 13.2 Å². The van der Waals surface area contributed by atoms with Crippen LogP contribution in [0.2, 0.25) is 0 Å². The fourth-order valence-corrected chi connectivity index (χ4v) is 3.98. The normalized spacial score (nSPS) is 32.3. The molecule has 1 aliphatic carbocycles. The minimum Gasteiger partial charge on any atom is -0.293 e. The topological polar surface area (TPSA) is 49.4 Å². The lowest BCUT2D eigenvalue weighted by Gasteiger charge is -2.14. The molecule has 1 saturated heterocycles. The van der Waals surface area contributed by atoms with Crippen molar-refractivity contribution in [1.29, 1.82) is 0 Å². The molecular weight excluding hydrogens is 200 g/mol. The first-order valence-corrected chi connectivity index (χ1v) is 6.02. The number of allylic oxidation sites excluding steroid dienone is 3. The third-order valence-corrected chi connectivity index (χ3v) is 4.81. The van der Waals surface area contributed by atoms with Crippen LogP contribution >= 0.6 is 0 Å². The maximum atomic E-state index is 12.0. The summed E-state index contributed by atoms with van der Waals surface area (Å²) in [6, 6.07) is 0. The molecule has 2 aliphatic heterocycles. The van der Waals surface area contributed by atoms with Gasteiger partial charge < -0.3 is 0 Å². The number of fused-ring (bicyclic) bond motifs is 2. The smallest absolute Gasteiger partial charge is 0.246 e. The molecule has 4 nitrogen and oxygen atoms in total. The highest BCUT2D eigenvalue weighted by Gasteiger charge is 2.44. The summed E-state index contributed by atoms with van der Waals surface area (Å²) in [6.45, 7) is 1.07. The van der Waals surface area contributed by atoms with Gasteiger partial charge in [-0.05, 0) is 5.57 Å². The van der Waals surface area contributed by atoms with Crippen molar-refractivity contribution in [3.05, 3.63) is 35.6 Å². The zero-order valence-corrected chi connectivity index (χ0v) is 8.29. The first kappa shape index (κ1) is 8.26. The van der Waals surface area contributed by atoms with Gasteiger partial charge in [-0.2, -0.15) is 0 Å². The number of nitrogens with one attached hydrogen (secondary N) is 1. The Labute approximate surface area is 82.6 Å². The molecule has 1 N–H and O–H groups in total. The summed E-state index contributed by atoms with van der Waals surface area (Å²) >= 11 is 0. The zero-order chi connectivity index (χ0) is 9.76. The molecule has 0 aromatic carbocycles. The van der Waals surface area contributed by atoms with E-state index in [1.54, 1.807) is 12.2 Å². The van der Waals surface area contributed by atoms with Gasteiger partial charge in [0.1, 0.15) is 5.25 Å². The van der Waals surface area contributed by atoms with Gasteiger partial charge in [-0.1, -0.05) is 24.3 Å². The van der Waals surface area contributed by atoms with Gasteiger partial charge in [-0.25, -0.2) is 8.42 Å². The highest BCUT2D eigenvalue weighted by molar-refractivity contribution is 7.90. The Morgan fingerprint density at radius 3 is 3.14 bits per heavy atom. The molecule has 1 atom stereocenters. The molecule has 1 unspecified atom stereocenters. The number of hydrogen-bond donors (Lipinski definition) is 1. The predicted molar refractivity (Wildman–Crippen MR) is 52.7 cm³/mol. The van der Waals surface area contributed by atoms with Crippen molar-refractivity contribution in [3.8, 4) is 0 Å². The number of sulfonamides is 1. The average molecular weight is 210 g/mol. The van der Waals surface area contributed by atoms with Gasteiger partial charge in [-0.15, -0.1) is 0 Å². The second-order valence-electron chi connectivity index (χ2n) is 3.55. The highest BCUT2D eigenvalue weighted by atomic mass is 32.2. The van der Waals surface area contributed by atoms with Gasteiger partial charge >= 0.3 is 0 Å². The predicted octanol–water partition coefficient (Wildman–Crippen LogP) is -0.0588. The summed E-state index contributed by atoms with van der Waals surface area (Å²) < 4.78 is 25.4. The standard InChI is InChI=1S/C9H10N2O2S/c12-14(13)9-4-2-1-3-7(9)8-5-10-6-11(8)14/h1-4,9-10H,5-6H2. The molecule has 3 rings (SSSR count). The van der Waals surface area contributed by atoms with E-state index in [4.69, 9.17) is 0 Å². The van der Waals surface area contributed by atoms with Gasteiger partial charge in [0.25, 0.3) is 0 Å². The van der Waals surface area contributed by atoms with Crippen molar-refractivity contribution in [2.24, 2.45) is 0 Å². The van der Waals surface area contributed by atoms with Crippen LogP contribution in [-0.2, 0) is 10.0 Å². The fourth-order valence-electron chi connectivity index (χ4n) is 2.13. The molecule has 5 heteroatoms. The van der Waals surface area contributed by atoms with Crippen LogP contribution in [0.5, 0.6) is 0 Å². The van der Waals surface area contributed by atoms with Crippen LogP contribution in [0.3, 0.4) is 0 Å². The number of hydrogen-bond acceptors (Lipinski definition) is 3. The highest BCUT2D eigenvalue weighted by Crippen LogP contribution is 2.36. The lowest BCUT2D eigenvalue weighted by molar-refractivity contribution is 0.511. The van der Waals surface area contributed by atoms with Crippen molar-refractivity contribution >= 4 is 10.0 Å². The first-order valence-electron chi connectivity index (χ1n) is 4.51. The van der Waals surface area contributed by atoms with Crippen molar-refractivity contribution in [1.82, 2.24) is 9.62 Å². The maximum absolute atomic E-state index is 12.0. The van der Waals surface area contributed by atoms with Crippen LogP contribution in [0, 0.1) is 0 Å². The molecule has 14 heavy (non-hydrogen) atoms. The Morgan fingerprint density at radius 1 is 1.43 bits per heavy atom. The zero-order valence-electron chi connectivity index (χ0n) is 7.47. The van der Waals surface area contributed by atoms with Crippen LogP contribution < -0.4 is 5.32 Å². The van der Waals surface area contributed by atoms with E-state index in [9.17, 15) is 8.42 Å². The lowest BCUT2D eigenvalue weighted by Crippen LogP contribution is -2.31. The van der Waals surface area contributed by atoms with Gasteiger partial charge in [0, 0.05) is 12.2 Å². The van der Waals surface area contributed by atoms with Crippen LogP contribution in [0.1, 0.15) is 0 Å². The van der Waals surface area contributed by atoms with Gasteiger partial charge in [0.15, 0.2) is 0 Å². The van der Waals surface area contributed by atoms with E-state index in [0.717, 1.165) is 11.3 Å². The molecule has 0 amide bonds. The summed E-state index contributed by atoms with van der Waals surface area (Å²) in [7, 11) is -3.17. The summed E-state index contributed by atoms with van der Waals surface area (Å²) in [5, 5.41) is 2.60. The monoisotopic (exact) mass is 210 g/mol. The Bertz CT molecular complexity index is 473. The average Bonchev–Trinajstić information content (AvgIpc) is 2.72. The lowest BCUT2D eigenvalue weighted by atomic mass is 10.1. The van der Waals surface area contributed by atoms with Crippen LogP contribution in [0.4, 0.5) is 0 Å².